The standard InChI is InChI=1S/C22H18FN3O/c23-18-8-11-20-17(12-18)13-21(26-20)16-6-9-19(10-7-16)25-22(27)24-14-15-4-2-1-3-5-15/h1-13,26H,14H2,(H2,24,25,27). The summed E-state index contributed by atoms with van der Waals surface area (Å²) in [5, 5.41) is 6.47. The van der Waals surface area contributed by atoms with Crippen LogP contribution in [-0.4, -0.2) is 11.0 Å². The molecule has 2 amide bonds. The molecule has 0 bridgehead atoms. The molecule has 4 nitrogen and oxygen atoms in total. The van der Waals surface area contributed by atoms with E-state index in [1.165, 1.54) is 12.1 Å². The van der Waals surface area contributed by atoms with E-state index in [0.717, 1.165) is 27.7 Å². The summed E-state index contributed by atoms with van der Waals surface area (Å²) in [5.74, 6) is -0.255. The molecule has 0 atom stereocenters. The number of amides is 2. The lowest BCUT2D eigenvalue weighted by atomic mass is 10.1. The Morgan fingerprint density at radius 1 is 0.926 bits per heavy atom. The molecule has 4 rings (SSSR count). The van der Waals surface area contributed by atoms with Gasteiger partial charge < -0.3 is 15.6 Å². The van der Waals surface area contributed by atoms with E-state index in [2.05, 4.69) is 15.6 Å². The van der Waals surface area contributed by atoms with Gasteiger partial charge in [0, 0.05) is 28.8 Å². The number of anilines is 1. The molecule has 0 aliphatic carbocycles. The Bertz CT molecular complexity index is 1070. The van der Waals surface area contributed by atoms with Crippen LogP contribution in [0, 0.1) is 5.82 Å². The summed E-state index contributed by atoms with van der Waals surface area (Å²) in [4.78, 5) is 15.3. The summed E-state index contributed by atoms with van der Waals surface area (Å²) in [7, 11) is 0. The summed E-state index contributed by atoms with van der Waals surface area (Å²) in [6.45, 7) is 0.469. The quantitative estimate of drug-likeness (QED) is 0.455. The highest BCUT2D eigenvalue weighted by Gasteiger charge is 2.06. The van der Waals surface area contributed by atoms with Crippen molar-refractivity contribution in [2.45, 2.75) is 6.54 Å². The Balaban J connectivity index is 1.41. The number of benzene rings is 3. The molecule has 0 spiro atoms. The Morgan fingerprint density at radius 3 is 2.48 bits per heavy atom. The summed E-state index contributed by atoms with van der Waals surface area (Å²) >= 11 is 0. The van der Waals surface area contributed by atoms with Crippen LogP contribution in [0.3, 0.4) is 0 Å². The van der Waals surface area contributed by atoms with Crippen LogP contribution in [0.25, 0.3) is 22.2 Å². The number of rotatable bonds is 4. The van der Waals surface area contributed by atoms with Gasteiger partial charge >= 0.3 is 6.03 Å². The normalized spacial score (nSPS) is 10.7. The van der Waals surface area contributed by atoms with Crippen LogP contribution >= 0.6 is 0 Å². The van der Waals surface area contributed by atoms with Crippen molar-refractivity contribution in [1.82, 2.24) is 10.3 Å². The minimum Gasteiger partial charge on any atom is -0.355 e. The number of hydrogen-bond acceptors (Lipinski definition) is 1. The van der Waals surface area contributed by atoms with Crippen molar-refractivity contribution < 1.29 is 9.18 Å². The summed E-state index contributed by atoms with van der Waals surface area (Å²) in [6.07, 6.45) is 0. The van der Waals surface area contributed by atoms with Gasteiger partial charge in [0.15, 0.2) is 0 Å². The molecule has 0 unspecified atom stereocenters. The van der Waals surface area contributed by atoms with Crippen LogP contribution in [0.1, 0.15) is 5.56 Å². The third-order valence-corrected chi connectivity index (χ3v) is 4.33. The zero-order chi connectivity index (χ0) is 18.6. The molecular weight excluding hydrogens is 341 g/mol. The van der Waals surface area contributed by atoms with Crippen molar-refractivity contribution in [3.8, 4) is 11.3 Å². The van der Waals surface area contributed by atoms with E-state index in [9.17, 15) is 9.18 Å². The fourth-order valence-corrected chi connectivity index (χ4v) is 2.95. The van der Waals surface area contributed by atoms with Crippen LogP contribution in [0.5, 0.6) is 0 Å². The second-order valence-electron chi connectivity index (χ2n) is 6.29. The lowest BCUT2D eigenvalue weighted by Gasteiger charge is -2.08. The van der Waals surface area contributed by atoms with Crippen molar-refractivity contribution in [3.63, 3.8) is 0 Å². The second kappa shape index (κ2) is 7.33. The molecular formula is C22H18FN3O. The van der Waals surface area contributed by atoms with E-state index < -0.39 is 0 Å². The maximum Gasteiger partial charge on any atom is 0.319 e. The first kappa shape index (κ1) is 16.8. The Morgan fingerprint density at radius 2 is 1.70 bits per heavy atom. The van der Waals surface area contributed by atoms with Gasteiger partial charge in [0.1, 0.15) is 5.82 Å². The number of halogens is 1. The fraction of sp³-hybridized carbons (Fsp3) is 0.0455. The number of fused-ring (bicyclic) bond motifs is 1. The third-order valence-electron chi connectivity index (χ3n) is 4.33. The molecule has 5 heteroatoms. The summed E-state index contributed by atoms with van der Waals surface area (Å²) < 4.78 is 13.3. The maximum atomic E-state index is 13.3. The first-order valence-electron chi connectivity index (χ1n) is 8.65. The van der Waals surface area contributed by atoms with Crippen molar-refractivity contribution in [2.75, 3.05) is 5.32 Å². The van der Waals surface area contributed by atoms with E-state index in [0.29, 0.717) is 12.2 Å². The van der Waals surface area contributed by atoms with Gasteiger partial charge in [-0.3, -0.25) is 0 Å². The number of carbonyl (C=O) groups excluding carboxylic acids is 1. The highest BCUT2D eigenvalue weighted by atomic mass is 19.1. The molecule has 0 saturated heterocycles. The monoisotopic (exact) mass is 359 g/mol. The van der Waals surface area contributed by atoms with Gasteiger partial charge in [-0.15, -0.1) is 0 Å². The Kier molecular flexibility index (Phi) is 4.58. The van der Waals surface area contributed by atoms with Gasteiger partial charge in [-0.2, -0.15) is 0 Å². The van der Waals surface area contributed by atoms with E-state index in [-0.39, 0.29) is 11.8 Å². The van der Waals surface area contributed by atoms with E-state index in [1.54, 1.807) is 6.07 Å². The molecule has 0 fully saturated rings. The number of urea groups is 1. The fourth-order valence-electron chi connectivity index (χ4n) is 2.95. The average Bonchev–Trinajstić information content (AvgIpc) is 3.11. The first-order chi connectivity index (χ1) is 13.2. The molecule has 1 heterocycles. The molecule has 0 radical (unpaired) electrons. The van der Waals surface area contributed by atoms with Gasteiger partial charge in [-0.05, 0) is 47.5 Å². The van der Waals surface area contributed by atoms with E-state index in [4.69, 9.17) is 0 Å². The van der Waals surface area contributed by atoms with E-state index in [1.807, 2.05) is 60.7 Å². The van der Waals surface area contributed by atoms with Crippen molar-refractivity contribution in [2.24, 2.45) is 0 Å². The molecule has 134 valence electrons. The zero-order valence-corrected chi connectivity index (χ0v) is 14.5. The number of H-pyrrole nitrogens is 1. The lowest BCUT2D eigenvalue weighted by molar-refractivity contribution is 0.251. The number of aromatic nitrogens is 1. The maximum absolute atomic E-state index is 13.3. The van der Waals surface area contributed by atoms with Crippen LogP contribution < -0.4 is 10.6 Å². The van der Waals surface area contributed by atoms with Gasteiger partial charge in [0.25, 0.3) is 0 Å². The molecule has 0 aliphatic rings. The number of aromatic amines is 1. The highest BCUT2D eigenvalue weighted by Crippen LogP contribution is 2.25. The number of nitrogens with one attached hydrogen (secondary N) is 3. The lowest BCUT2D eigenvalue weighted by Crippen LogP contribution is -2.28. The third kappa shape index (κ3) is 3.98. The van der Waals surface area contributed by atoms with Crippen LogP contribution in [0.15, 0.2) is 78.9 Å². The minimum absolute atomic E-state index is 0.255. The van der Waals surface area contributed by atoms with Gasteiger partial charge in [0.05, 0.1) is 0 Å². The zero-order valence-electron chi connectivity index (χ0n) is 14.5. The van der Waals surface area contributed by atoms with Gasteiger partial charge in [-0.25, -0.2) is 9.18 Å². The SMILES string of the molecule is O=C(NCc1ccccc1)Nc1ccc(-c2cc3cc(F)ccc3[nH]2)cc1. The largest absolute Gasteiger partial charge is 0.355 e. The van der Waals surface area contributed by atoms with Gasteiger partial charge in [0.2, 0.25) is 0 Å². The van der Waals surface area contributed by atoms with Crippen molar-refractivity contribution in [1.29, 1.82) is 0 Å². The molecule has 0 aliphatic heterocycles. The van der Waals surface area contributed by atoms with Crippen molar-refractivity contribution >= 4 is 22.6 Å². The van der Waals surface area contributed by atoms with Gasteiger partial charge in [-0.1, -0.05) is 42.5 Å². The highest BCUT2D eigenvalue weighted by molar-refractivity contribution is 5.90. The molecule has 3 aromatic carbocycles. The van der Waals surface area contributed by atoms with Crippen LogP contribution in [-0.2, 0) is 6.54 Å². The molecule has 4 aromatic rings. The average molecular weight is 359 g/mol. The van der Waals surface area contributed by atoms with Crippen LogP contribution in [0.2, 0.25) is 0 Å². The van der Waals surface area contributed by atoms with Crippen LogP contribution in [0.4, 0.5) is 14.9 Å². The Hall–Kier alpha value is -3.60. The predicted molar refractivity (Wildman–Crippen MR) is 106 cm³/mol. The topological polar surface area (TPSA) is 56.9 Å². The first-order valence-corrected chi connectivity index (χ1v) is 8.65. The molecule has 27 heavy (non-hydrogen) atoms. The smallest absolute Gasteiger partial charge is 0.319 e. The summed E-state index contributed by atoms with van der Waals surface area (Å²) in [6, 6.07) is 23.5. The number of hydrogen-bond donors (Lipinski definition) is 3. The predicted octanol–water partition coefficient (Wildman–Crippen LogP) is 5.30. The summed E-state index contributed by atoms with van der Waals surface area (Å²) in [5.41, 5.74) is 4.48. The van der Waals surface area contributed by atoms with Crippen molar-refractivity contribution in [3.05, 3.63) is 90.2 Å². The molecule has 0 saturated carbocycles. The second-order valence-corrected chi connectivity index (χ2v) is 6.29. The van der Waals surface area contributed by atoms with E-state index >= 15 is 0 Å². The minimum atomic E-state index is -0.257. The molecule has 1 aromatic heterocycles. The number of carbonyl (C=O) groups is 1. The Labute approximate surface area is 156 Å². The molecule has 3 N–H and O–H groups in total.